The second-order valence-electron chi connectivity index (χ2n) is 5.14. The normalized spacial score (nSPS) is 10.6. The van der Waals surface area contributed by atoms with Gasteiger partial charge >= 0.3 is 0 Å². The molecule has 4 heteroatoms. The molecule has 0 aliphatic rings. The van der Waals surface area contributed by atoms with Gasteiger partial charge in [-0.2, -0.15) is 0 Å². The third kappa shape index (κ3) is 3.94. The molecule has 2 N–H and O–H groups in total. The van der Waals surface area contributed by atoms with E-state index in [2.05, 4.69) is 22.5 Å². The number of carbonyl (C=O) groups excluding carboxylic acids is 1. The van der Waals surface area contributed by atoms with Crippen molar-refractivity contribution in [3.05, 3.63) is 36.0 Å². The van der Waals surface area contributed by atoms with E-state index in [4.69, 9.17) is 0 Å². The fourth-order valence-electron chi connectivity index (χ4n) is 2.35. The minimum Gasteiger partial charge on any atom is -0.373 e. The van der Waals surface area contributed by atoms with Crippen LogP contribution in [0.1, 0.15) is 43.1 Å². The van der Waals surface area contributed by atoms with E-state index < -0.39 is 0 Å². The molecule has 1 aromatic carbocycles. The van der Waals surface area contributed by atoms with Gasteiger partial charge in [0.1, 0.15) is 11.5 Å². The topological polar surface area (TPSA) is 54.0 Å². The van der Waals surface area contributed by atoms with Crippen LogP contribution < -0.4 is 10.6 Å². The Morgan fingerprint density at radius 3 is 2.76 bits per heavy atom. The van der Waals surface area contributed by atoms with Crippen molar-refractivity contribution >= 4 is 22.5 Å². The number of hydrogen-bond donors (Lipinski definition) is 2. The minimum absolute atomic E-state index is 0.103. The van der Waals surface area contributed by atoms with Crippen LogP contribution >= 0.6 is 0 Å². The number of unbranched alkanes of at least 4 members (excludes halogenated alkanes) is 3. The first-order valence-corrected chi connectivity index (χ1v) is 7.62. The molecule has 0 spiro atoms. The van der Waals surface area contributed by atoms with Gasteiger partial charge in [-0.25, -0.2) is 4.98 Å². The van der Waals surface area contributed by atoms with Crippen molar-refractivity contribution in [2.24, 2.45) is 0 Å². The van der Waals surface area contributed by atoms with Crippen molar-refractivity contribution in [1.29, 1.82) is 0 Å². The van der Waals surface area contributed by atoms with Crippen LogP contribution in [0.3, 0.4) is 0 Å². The van der Waals surface area contributed by atoms with Crippen LogP contribution in [-0.2, 0) is 0 Å². The second-order valence-corrected chi connectivity index (χ2v) is 5.14. The Labute approximate surface area is 126 Å². The lowest BCUT2D eigenvalue weighted by atomic mass is 10.1. The van der Waals surface area contributed by atoms with Gasteiger partial charge in [-0.1, -0.05) is 50.5 Å². The zero-order chi connectivity index (χ0) is 15.1. The standard InChI is InChI=1S/C17H23N3O/c1-3-4-5-8-11-19-17(21)15-12-13-9-6-7-10-14(13)16(18-2)20-15/h6-7,9-10,12H,3-5,8,11H2,1-2H3,(H,18,20)(H,19,21). The predicted molar refractivity (Wildman–Crippen MR) is 87.8 cm³/mol. The Balaban J connectivity index is 2.09. The number of carbonyl (C=O) groups is 1. The number of hydrogen-bond acceptors (Lipinski definition) is 3. The smallest absolute Gasteiger partial charge is 0.269 e. The third-order valence-corrected chi connectivity index (χ3v) is 3.53. The Morgan fingerprint density at radius 2 is 2.00 bits per heavy atom. The Bertz CT molecular complexity index is 610. The van der Waals surface area contributed by atoms with Gasteiger partial charge in [-0.05, 0) is 17.9 Å². The predicted octanol–water partition coefficient (Wildman–Crippen LogP) is 3.59. The number of rotatable bonds is 7. The van der Waals surface area contributed by atoms with Crippen LogP contribution in [-0.4, -0.2) is 24.5 Å². The number of nitrogens with one attached hydrogen (secondary N) is 2. The minimum atomic E-state index is -0.103. The van der Waals surface area contributed by atoms with Crippen LogP contribution in [0.2, 0.25) is 0 Å². The summed E-state index contributed by atoms with van der Waals surface area (Å²) in [6.45, 7) is 2.89. The summed E-state index contributed by atoms with van der Waals surface area (Å²) < 4.78 is 0. The van der Waals surface area contributed by atoms with Crippen LogP contribution in [0.15, 0.2) is 30.3 Å². The molecule has 1 aromatic heterocycles. The van der Waals surface area contributed by atoms with Crippen molar-refractivity contribution in [1.82, 2.24) is 10.3 Å². The van der Waals surface area contributed by atoms with E-state index in [1.54, 1.807) is 0 Å². The maximum Gasteiger partial charge on any atom is 0.269 e. The first-order chi connectivity index (χ1) is 10.3. The number of aromatic nitrogens is 1. The molecular weight excluding hydrogens is 262 g/mol. The van der Waals surface area contributed by atoms with Gasteiger partial charge in [0, 0.05) is 19.0 Å². The molecule has 4 nitrogen and oxygen atoms in total. The van der Waals surface area contributed by atoms with Crippen LogP contribution in [0.5, 0.6) is 0 Å². The lowest BCUT2D eigenvalue weighted by Crippen LogP contribution is -2.25. The molecule has 0 aliphatic carbocycles. The molecule has 0 fully saturated rings. The fourth-order valence-corrected chi connectivity index (χ4v) is 2.35. The fraction of sp³-hybridized carbons (Fsp3) is 0.412. The van der Waals surface area contributed by atoms with E-state index in [0.29, 0.717) is 12.2 Å². The van der Waals surface area contributed by atoms with Crippen molar-refractivity contribution in [3.8, 4) is 0 Å². The lowest BCUT2D eigenvalue weighted by Gasteiger charge is -2.09. The summed E-state index contributed by atoms with van der Waals surface area (Å²) in [7, 11) is 1.82. The molecule has 0 saturated heterocycles. The number of amides is 1. The van der Waals surface area contributed by atoms with Crippen LogP contribution in [0, 0.1) is 0 Å². The van der Waals surface area contributed by atoms with Gasteiger partial charge in [0.25, 0.3) is 5.91 Å². The van der Waals surface area contributed by atoms with Gasteiger partial charge in [0.15, 0.2) is 0 Å². The van der Waals surface area contributed by atoms with E-state index in [9.17, 15) is 4.79 Å². The van der Waals surface area contributed by atoms with Gasteiger partial charge in [-0.15, -0.1) is 0 Å². The number of fused-ring (bicyclic) bond motifs is 1. The van der Waals surface area contributed by atoms with Crippen molar-refractivity contribution < 1.29 is 4.79 Å². The largest absolute Gasteiger partial charge is 0.373 e. The Morgan fingerprint density at radius 1 is 1.19 bits per heavy atom. The van der Waals surface area contributed by atoms with E-state index in [1.807, 2.05) is 37.4 Å². The van der Waals surface area contributed by atoms with Crippen molar-refractivity contribution in [2.75, 3.05) is 18.9 Å². The third-order valence-electron chi connectivity index (χ3n) is 3.53. The second kappa shape index (κ2) is 7.62. The highest BCUT2D eigenvalue weighted by molar-refractivity contribution is 6.00. The summed E-state index contributed by atoms with van der Waals surface area (Å²) in [5.74, 6) is 0.637. The first-order valence-electron chi connectivity index (χ1n) is 7.62. The summed E-state index contributed by atoms with van der Waals surface area (Å²) in [4.78, 5) is 16.6. The molecule has 1 amide bonds. The average molecular weight is 285 g/mol. The molecule has 1 heterocycles. The Kier molecular flexibility index (Phi) is 5.55. The highest BCUT2D eigenvalue weighted by Gasteiger charge is 2.10. The molecule has 0 saturated carbocycles. The van der Waals surface area contributed by atoms with Crippen molar-refractivity contribution in [2.45, 2.75) is 32.6 Å². The molecule has 0 bridgehead atoms. The number of anilines is 1. The molecule has 2 aromatic rings. The number of nitrogens with zero attached hydrogens (tertiary/aromatic N) is 1. The van der Waals surface area contributed by atoms with Crippen LogP contribution in [0.4, 0.5) is 5.82 Å². The summed E-state index contributed by atoms with van der Waals surface area (Å²) >= 11 is 0. The highest BCUT2D eigenvalue weighted by atomic mass is 16.1. The van der Waals surface area contributed by atoms with Gasteiger partial charge in [-0.3, -0.25) is 4.79 Å². The zero-order valence-corrected chi connectivity index (χ0v) is 12.8. The molecule has 0 unspecified atom stereocenters. The zero-order valence-electron chi connectivity index (χ0n) is 12.8. The molecule has 112 valence electrons. The van der Waals surface area contributed by atoms with E-state index in [1.165, 1.54) is 12.8 Å². The summed E-state index contributed by atoms with van der Waals surface area (Å²) in [6, 6.07) is 9.78. The lowest BCUT2D eigenvalue weighted by molar-refractivity contribution is 0.0948. The van der Waals surface area contributed by atoms with Gasteiger partial charge in [0.2, 0.25) is 0 Å². The summed E-state index contributed by atoms with van der Waals surface area (Å²) in [6.07, 6.45) is 4.59. The first kappa shape index (κ1) is 15.3. The Hall–Kier alpha value is -2.10. The van der Waals surface area contributed by atoms with E-state index >= 15 is 0 Å². The monoisotopic (exact) mass is 285 g/mol. The van der Waals surface area contributed by atoms with Gasteiger partial charge < -0.3 is 10.6 Å². The SMILES string of the molecule is CCCCCCNC(=O)c1cc2ccccc2c(NC)n1. The molecular formula is C17H23N3O. The number of benzene rings is 1. The molecule has 0 aliphatic heterocycles. The van der Waals surface area contributed by atoms with E-state index in [-0.39, 0.29) is 5.91 Å². The van der Waals surface area contributed by atoms with Crippen molar-refractivity contribution in [3.63, 3.8) is 0 Å². The molecule has 0 atom stereocenters. The summed E-state index contributed by atoms with van der Waals surface area (Å²) in [5, 5.41) is 8.05. The highest BCUT2D eigenvalue weighted by Crippen LogP contribution is 2.22. The van der Waals surface area contributed by atoms with Gasteiger partial charge in [0.05, 0.1) is 0 Å². The van der Waals surface area contributed by atoms with Crippen LogP contribution in [0.25, 0.3) is 10.8 Å². The number of pyridine rings is 1. The molecule has 21 heavy (non-hydrogen) atoms. The van der Waals surface area contributed by atoms with E-state index in [0.717, 1.165) is 29.4 Å². The molecule has 0 radical (unpaired) electrons. The summed E-state index contributed by atoms with van der Waals surface area (Å²) in [5.41, 5.74) is 0.466. The average Bonchev–Trinajstić information content (AvgIpc) is 2.53. The maximum absolute atomic E-state index is 12.2. The quantitative estimate of drug-likeness (QED) is 0.764. The maximum atomic E-state index is 12.2. The molecule has 2 rings (SSSR count).